The van der Waals surface area contributed by atoms with Crippen LogP contribution in [0.3, 0.4) is 0 Å². The molecule has 106 valence electrons. The van der Waals surface area contributed by atoms with E-state index in [1.54, 1.807) is 0 Å². The minimum Gasteiger partial charge on any atom is -0.158 e. The highest BCUT2D eigenvalue weighted by molar-refractivity contribution is 8.00. The third-order valence-corrected chi connectivity index (χ3v) is 6.79. The van der Waals surface area contributed by atoms with E-state index >= 15 is 0 Å². The van der Waals surface area contributed by atoms with Crippen molar-refractivity contribution in [1.29, 1.82) is 0 Å². The molecule has 2 unspecified atom stereocenters. The van der Waals surface area contributed by atoms with E-state index < -0.39 is 0 Å². The third kappa shape index (κ3) is 4.61. The normalized spacial score (nSPS) is 26.3. The van der Waals surface area contributed by atoms with E-state index in [0.29, 0.717) is 0 Å². The van der Waals surface area contributed by atoms with E-state index in [9.17, 15) is 0 Å². The van der Waals surface area contributed by atoms with Gasteiger partial charge < -0.3 is 0 Å². The average molecular weight is 315 g/mol. The van der Waals surface area contributed by atoms with Crippen molar-refractivity contribution < 1.29 is 0 Å². The van der Waals surface area contributed by atoms with Crippen LogP contribution in [0, 0.1) is 0 Å². The summed E-state index contributed by atoms with van der Waals surface area (Å²) < 4.78 is 0. The summed E-state index contributed by atoms with van der Waals surface area (Å²) >= 11 is 4.33. The lowest BCUT2D eigenvalue weighted by atomic mass is 10.0. The molecule has 2 heterocycles. The van der Waals surface area contributed by atoms with Gasteiger partial charge in [0.05, 0.1) is 0 Å². The quantitative estimate of drug-likeness (QED) is 0.768. The summed E-state index contributed by atoms with van der Waals surface area (Å²) in [6.45, 7) is 0. The first-order valence-electron chi connectivity index (χ1n) is 7.21. The molecule has 0 aromatic heterocycles. The van der Waals surface area contributed by atoms with Crippen molar-refractivity contribution in [3.05, 3.63) is 35.4 Å². The Kier molecular flexibility index (Phi) is 6.44. The SMILES string of the molecule is Cl.c1cc(CC2CCCS2)ccc1CC1CCCS1. The van der Waals surface area contributed by atoms with E-state index in [1.165, 1.54) is 61.2 Å². The predicted molar refractivity (Wildman–Crippen MR) is 92.1 cm³/mol. The zero-order chi connectivity index (χ0) is 12.2. The first-order valence-corrected chi connectivity index (χ1v) is 9.31. The molecule has 3 heteroatoms. The molecule has 2 atom stereocenters. The largest absolute Gasteiger partial charge is 0.158 e. The van der Waals surface area contributed by atoms with Crippen LogP contribution in [0.1, 0.15) is 36.8 Å². The summed E-state index contributed by atoms with van der Waals surface area (Å²) in [5, 5.41) is 1.78. The van der Waals surface area contributed by atoms with Gasteiger partial charge in [-0.3, -0.25) is 0 Å². The summed E-state index contributed by atoms with van der Waals surface area (Å²) in [4.78, 5) is 0. The fourth-order valence-corrected chi connectivity index (χ4v) is 5.57. The number of thioether (sulfide) groups is 2. The van der Waals surface area contributed by atoms with Gasteiger partial charge in [0, 0.05) is 10.5 Å². The molecule has 0 radical (unpaired) electrons. The van der Waals surface area contributed by atoms with Crippen LogP contribution in [-0.4, -0.2) is 22.0 Å². The molecule has 19 heavy (non-hydrogen) atoms. The number of rotatable bonds is 4. The summed E-state index contributed by atoms with van der Waals surface area (Å²) in [5.74, 6) is 2.75. The van der Waals surface area contributed by atoms with Gasteiger partial charge >= 0.3 is 0 Å². The molecule has 0 aliphatic carbocycles. The molecule has 2 fully saturated rings. The van der Waals surface area contributed by atoms with Crippen LogP contribution in [0.2, 0.25) is 0 Å². The Hall–Kier alpha value is 0.210. The molecule has 1 aromatic carbocycles. The van der Waals surface area contributed by atoms with Crippen molar-refractivity contribution in [3.63, 3.8) is 0 Å². The zero-order valence-corrected chi connectivity index (χ0v) is 13.8. The number of benzene rings is 1. The highest BCUT2D eigenvalue weighted by atomic mass is 35.5. The Morgan fingerprint density at radius 3 is 1.53 bits per heavy atom. The van der Waals surface area contributed by atoms with Crippen molar-refractivity contribution >= 4 is 35.9 Å². The van der Waals surface area contributed by atoms with E-state index in [2.05, 4.69) is 47.8 Å². The summed E-state index contributed by atoms with van der Waals surface area (Å²) in [7, 11) is 0. The Bertz CT molecular complexity index is 328. The topological polar surface area (TPSA) is 0 Å². The molecule has 0 amide bonds. The van der Waals surface area contributed by atoms with E-state index in [0.717, 1.165) is 10.5 Å². The highest BCUT2D eigenvalue weighted by Gasteiger charge is 2.17. The zero-order valence-electron chi connectivity index (χ0n) is 11.3. The lowest BCUT2D eigenvalue weighted by Crippen LogP contribution is -2.04. The van der Waals surface area contributed by atoms with Crippen LogP contribution in [0.25, 0.3) is 0 Å². The second kappa shape index (κ2) is 7.85. The van der Waals surface area contributed by atoms with Crippen LogP contribution >= 0.6 is 35.9 Å². The molecule has 0 nitrogen and oxygen atoms in total. The van der Waals surface area contributed by atoms with E-state index in [4.69, 9.17) is 0 Å². The van der Waals surface area contributed by atoms with Gasteiger partial charge in [0.25, 0.3) is 0 Å². The van der Waals surface area contributed by atoms with Gasteiger partial charge in [0.2, 0.25) is 0 Å². The Morgan fingerprint density at radius 1 is 0.789 bits per heavy atom. The van der Waals surface area contributed by atoms with Crippen molar-refractivity contribution in [2.24, 2.45) is 0 Å². The van der Waals surface area contributed by atoms with Crippen molar-refractivity contribution in [2.45, 2.75) is 49.0 Å². The second-order valence-corrected chi connectivity index (χ2v) is 8.31. The molecule has 1 aromatic rings. The standard InChI is InChI=1S/C16H22S2.ClH/c1-3-15(17-9-1)11-13-5-7-14(8-6-13)12-16-4-2-10-18-16;/h5-8,15-16H,1-4,9-12H2;1H. The Balaban J connectivity index is 0.00000133. The average Bonchev–Trinajstić information content (AvgIpc) is 3.05. The predicted octanol–water partition coefficient (Wildman–Crippen LogP) is 4.98. The van der Waals surface area contributed by atoms with Crippen LogP contribution in [0.5, 0.6) is 0 Å². The maximum atomic E-state index is 2.37. The molecule has 3 rings (SSSR count). The van der Waals surface area contributed by atoms with Crippen LogP contribution in [0.4, 0.5) is 0 Å². The van der Waals surface area contributed by atoms with Crippen LogP contribution in [-0.2, 0) is 12.8 Å². The van der Waals surface area contributed by atoms with Gasteiger partial charge in [0.1, 0.15) is 0 Å². The van der Waals surface area contributed by atoms with Gasteiger partial charge in [-0.15, -0.1) is 12.4 Å². The first kappa shape index (κ1) is 15.6. The molecule has 2 aliphatic heterocycles. The lowest BCUT2D eigenvalue weighted by molar-refractivity contribution is 0.770. The van der Waals surface area contributed by atoms with Crippen molar-refractivity contribution in [3.8, 4) is 0 Å². The monoisotopic (exact) mass is 314 g/mol. The third-order valence-electron chi connectivity index (χ3n) is 4.00. The number of halogens is 1. The number of hydrogen-bond donors (Lipinski definition) is 0. The van der Waals surface area contributed by atoms with Gasteiger partial charge in [-0.25, -0.2) is 0 Å². The second-order valence-electron chi connectivity index (χ2n) is 5.49. The smallest absolute Gasteiger partial charge is 0.00877 e. The molecule has 0 spiro atoms. The summed E-state index contributed by atoms with van der Waals surface area (Å²) in [6, 6.07) is 9.48. The van der Waals surface area contributed by atoms with Gasteiger partial charge in [-0.05, 0) is 61.2 Å². The summed E-state index contributed by atoms with van der Waals surface area (Å²) in [5.41, 5.74) is 3.08. The molecular formula is C16H23ClS2. The maximum Gasteiger partial charge on any atom is 0.00877 e. The molecule has 2 saturated heterocycles. The maximum absolute atomic E-state index is 2.37. The van der Waals surface area contributed by atoms with Crippen LogP contribution < -0.4 is 0 Å². The summed E-state index contributed by atoms with van der Waals surface area (Å²) in [6.07, 6.45) is 8.25. The van der Waals surface area contributed by atoms with Crippen LogP contribution in [0.15, 0.2) is 24.3 Å². The molecule has 0 bridgehead atoms. The van der Waals surface area contributed by atoms with E-state index in [-0.39, 0.29) is 12.4 Å². The van der Waals surface area contributed by atoms with E-state index in [1.807, 2.05) is 0 Å². The van der Waals surface area contributed by atoms with Crippen molar-refractivity contribution in [2.75, 3.05) is 11.5 Å². The van der Waals surface area contributed by atoms with Gasteiger partial charge in [-0.1, -0.05) is 24.3 Å². The Labute approximate surface area is 131 Å². The molecular weight excluding hydrogens is 292 g/mol. The van der Waals surface area contributed by atoms with Gasteiger partial charge in [0.15, 0.2) is 0 Å². The first-order chi connectivity index (χ1) is 8.90. The molecule has 2 aliphatic rings. The molecule has 0 N–H and O–H groups in total. The van der Waals surface area contributed by atoms with Gasteiger partial charge in [-0.2, -0.15) is 23.5 Å². The lowest BCUT2D eigenvalue weighted by Gasteiger charge is -2.11. The fourth-order valence-electron chi connectivity index (χ4n) is 2.95. The highest BCUT2D eigenvalue weighted by Crippen LogP contribution is 2.30. The minimum atomic E-state index is 0. The Morgan fingerprint density at radius 2 is 1.21 bits per heavy atom. The molecule has 0 saturated carbocycles. The minimum absolute atomic E-state index is 0. The van der Waals surface area contributed by atoms with Crippen molar-refractivity contribution in [1.82, 2.24) is 0 Å². The fraction of sp³-hybridized carbons (Fsp3) is 0.625. The number of hydrogen-bond acceptors (Lipinski definition) is 2.